The van der Waals surface area contributed by atoms with Crippen molar-refractivity contribution >= 4 is 34.7 Å². The summed E-state index contributed by atoms with van der Waals surface area (Å²) in [6.45, 7) is 7.94. The van der Waals surface area contributed by atoms with Gasteiger partial charge < -0.3 is 9.80 Å². The van der Waals surface area contributed by atoms with Gasteiger partial charge >= 0.3 is 0 Å². The van der Waals surface area contributed by atoms with Gasteiger partial charge in [-0.15, -0.1) is 11.3 Å². The van der Waals surface area contributed by atoms with E-state index in [9.17, 15) is 14.4 Å². The summed E-state index contributed by atoms with van der Waals surface area (Å²) in [4.78, 5) is 46.6. The minimum absolute atomic E-state index is 0.0128. The molecule has 2 aromatic heterocycles. The summed E-state index contributed by atoms with van der Waals surface area (Å²) in [5.74, 6) is -0.579. The van der Waals surface area contributed by atoms with Crippen LogP contribution in [-0.2, 0) is 11.3 Å². The molecular formula is C28H33N5O3S. The number of carbonyl (C=O) groups excluding carboxylic acids is 3. The Bertz CT molecular complexity index is 1330. The standard InChI is InChI=1S/C28H33N5O3S/c1-18-16-19(2)33(29-18)14-13-32-27(35)22-9-5-10-23(25(22)28(32)36)31-12-6-8-21(17-31)26(34)30(4)20(3)24-11-7-15-37-24/h5,7,9-11,15-16,20-21H,6,8,12-14,17H2,1-4H3/t20-,21+/m0/s1. The van der Waals surface area contributed by atoms with Crippen LogP contribution in [0.5, 0.6) is 0 Å². The molecule has 4 heterocycles. The molecule has 0 N–H and O–H groups in total. The van der Waals surface area contributed by atoms with Crippen LogP contribution in [0.1, 0.15) is 62.8 Å². The van der Waals surface area contributed by atoms with E-state index in [2.05, 4.69) is 23.0 Å². The van der Waals surface area contributed by atoms with Gasteiger partial charge in [-0.3, -0.25) is 24.0 Å². The highest BCUT2D eigenvalue weighted by atomic mass is 32.1. The fraction of sp³-hybridized carbons (Fsp3) is 0.429. The molecule has 37 heavy (non-hydrogen) atoms. The van der Waals surface area contributed by atoms with Crippen molar-refractivity contribution in [1.82, 2.24) is 19.6 Å². The lowest BCUT2D eigenvalue weighted by Crippen LogP contribution is -2.44. The van der Waals surface area contributed by atoms with Crippen molar-refractivity contribution in [1.29, 1.82) is 0 Å². The van der Waals surface area contributed by atoms with E-state index in [1.807, 2.05) is 60.1 Å². The Morgan fingerprint density at radius 1 is 1.16 bits per heavy atom. The second-order valence-electron chi connectivity index (χ2n) is 10.0. The number of nitrogens with zero attached hydrogens (tertiary/aromatic N) is 5. The van der Waals surface area contributed by atoms with Gasteiger partial charge in [0.15, 0.2) is 0 Å². The maximum absolute atomic E-state index is 13.5. The second kappa shape index (κ2) is 10.1. The molecule has 1 fully saturated rings. The van der Waals surface area contributed by atoms with Gasteiger partial charge in [0.05, 0.1) is 41.0 Å². The maximum atomic E-state index is 13.5. The van der Waals surface area contributed by atoms with Crippen molar-refractivity contribution in [3.8, 4) is 0 Å². The van der Waals surface area contributed by atoms with E-state index < -0.39 is 0 Å². The van der Waals surface area contributed by atoms with E-state index in [0.717, 1.165) is 41.3 Å². The molecular weight excluding hydrogens is 486 g/mol. The third-order valence-corrected chi connectivity index (χ3v) is 8.65. The molecule has 3 aromatic rings. The second-order valence-corrected chi connectivity index (χ2v) is 11.0. The molecule has 8 nitrogen and oxygen atoms in total. The minimum Gasteiger partial charge on any atom is -0.370 e. The molecule has 0 saturated carbocycles. The first-order valence-corrected chi connectivity index (χ1v) is 13.7. The SMILES string of the molecule is Cc1cc(C)n(CCN2C(=O)c3cccc(N4CCC[C@@H](C(=O)N(C)[C@@H](C)c5cccs5)C4)c3C2=O)n1. The van der Waals surface area contributed by atoms with E-state index in [4.69, 9.17) is 0 Å². The predicted octanol–water partition coefficient (Wildman–Crippen LogP) is 4.29. The number of imide groups is 1. The fourth-order valence-electron chi connectivity index (χ4n) is 5.47. The van der Waals surface area contributed by atoms with Crippen LogP contribution in [-0.4, -0.2) is 64.0 Å². The van der Waals surface area contributed by atoms with Crippen LogP contribution in [0.15, 0.2) is 41.8 Å². The number of anilines is 1. The number of carbonyl (C=O) groups is 3. The molecule has 5 rings (SSSR count). The van der Waals surface area contributed by atoms with Crippen molar-refractivity contribution < 1.29 is 14.4 Å². The number of fused-ring (bicyclic) bond motifs is 1. The van der Waals surface area contributed by atoms with Crippen LogP contribution in [0.4, 0.5) is 5.69 Å². The quantitative estimate of drug-likeness (QED) is 0.435. The number of thiophene rings is 1. The molecule has 3 amide bonds. The number of aryl methyl sites for hydroxylation is 2. The topological polar surface area (TPSA) is 78.8 Å². The average Bonchev–Trinajstić information content (AvgIpc) is 3.61. The monoisotopic (exact) mass is 519 g/mol. The molecule has 0 aliphatic carbocycles. The lowest BCUT2D eigenvalue weighted by molar-refractivity contribution is -0.136. The third-order valence-electron chi connectivity index (χ3n) is 7.61. The molecule has 9 heteroatoms. The number of piperidine rings is 1. The van der Waals surface area contributed by atoms with E-state index in [1.54, 1.807) is 17.4 Å². The van der Waals surface area contributed by atoms with Crippen LogP contribution in [0, 0.1) is 19.8 Å². The summed E-state index contributed by atoms with van der Waals surface area (Å²) < 4.78 is 1.83. The highest BCUT2D eigenvalue weighted by Gasteiger charge is 2.39. The van der Waals surface area contributed by atoms with Gasteiger partial charge in [0.2, 0.25) is 5.91 Å². The molecule has 194 valence electrons. The van der Waals surface area contributed by atoms with Crippen molar-refractivity contribution in [3.63, 3.8) is 0 Å². The summed E-state index contributed by atoms with van der Waals surface area (Å²) in [5.41, 5.74) is 3.54. The third kappa shape index (κ3) is 4.68. The number of amides is 3. The molecule has 2 aliphatic heterocycles. The lowest BCUT2D eigenvalue weighted by atomic mass is 9.94. The fourth-order valence-corrected chi connectivity index (χ4v) is 6.30. The molecule has 1 saturated heterocycles. The largest absolute Gasteiger partial charge is 0.370 e. The Morgan fingerprint density at radius 3 is 2.68 bits per heavy atom. The number of rotatable bonds is 7. The van der Waals surface area contributed by atoms with Gasteiger partial charge in [0, 0.05) is 37.3 Å². The summed E-state index contributed by atoms with van der Waals surface area (Å²) in [6.07, 6.45) is 1.67. The predicted molar refractivity (Wildman–Crippen MR) is 144 cm³/mol. The molecule has 0 unspecified atom stereocenters. The summed E-state index contributed by atoms with van der Waals surface area (Å²) >= 11 is 1.66. The van der Waals surface area contributed by atoms with Gasteiger partial charge in [0.1, 0.15) is 0 Å². The summed E-state index contributed by atoms with van der Waals surface area (Å²) in [5, 5.41) is 6.48. The maximum Gasteiger partial charge on any atom is 0.263 e. The van der Waals surface area contributed by atoms with Crippen molar-refractivity contribution in [2.24, 2.45) is 5.92 Å². The minimum atomic E-state index is -0.269. The zero-order chi connectivity index (χ0) is 26.3. The molecule has 0 spiro atoms. The zero-order valence-corrected chi connectivity index (χ0v) is 22.6. The van der Waals surface area contributed by atoms with Gasteiger partial charge in [-0.05, 0) is 63.3 Å². The summed E-state index contributed by atoms with van der Waals surface area (Å²) in [6, 6.07) is 11.5. The number of hydrogen-bond acceptors (Lipinski definition) is 6. The molecule has 0 bridgehead atoms. The highest BCUT2D eigenvalue weighted by Crippen LogP contribution is 2.35. The first-order chi connectivity index (χ1) is 17.8. The lowest BCUT2D eigenvalue weighted by Gasteiger charge is -2.37. The van der Waals surface area contributed by atoms with E-state index in [1.165, 1.54) is 4.90 Å². The molecule has 0 radical (unpaired) electrons. The number of aromatic nitrogens is 2. The van der Waals surface area contributed by atoms with Gasteiger partial charge in [-0.25, -0.2) is 0 Å². The van der Waals surface area contributed by atoms with Crippen molar-refractivity contribution in [2.75, 3.05) is 31.6 Å². The zero-order valence-electron chi connectivity index (χ0n) is 21.8. The van der Waals surface area contributed by atoms with Gasteiger partial charge in [-0.2, -0.15) is 5.10 Å². The normalized spacial score (nSPS) is 18.3. The number of benzene rings is 1. The Labute approximate surface area is 221 Å². The Kier molecular flexibility index (Phi) is 6.90. The van der Waals surface area contributed by atoms with Gasteiger partial charge in [0.25, 0.3) is 11.8 Å². The summed E-state index contributed by atoms with van der Waals surface area (Å²) in [7, 11) is 1.87. The van der Waals surface area contributed by atoms with Gasteiger partial charge in [-0.1, -0.05) is 12.1 Å². The Hall–Kier alpha value is -3.46. The van der Waals surface area contributed by atoms with Crippen LogP contribution in [0.3, 0.4) is 0 Å². The smallest absolute Gasteiger partial charge is 0.263 e. The van der Waals surface area contributed by atoms with Crippen LogP contribution < -0.4 is 4.90 Å². The van der Waals surface area contributed by atoms with Crippen molar-refractivity contribution in [3.05, 3.63) is 69.2 Å². The van der Waals surface area contributed by atoms with E-state index in [0.29, 0.717) is 24.2 Å². The first-order valence-electron chi connectivity index (χ1n) is 12.8. The van der Waals surface area contributed by atoms with E-state index in [-0.39, 0.29) is 36.2 Å². The molecule has 1 aromatic carbocycles. The highest BCUT2D eigenvalue weighted by molar-refractivity contribution is 7.10. The average molecular weight is 520 g/mol. The van der Waals surface area contributed by atoms with E-state index >= 15 is 0 Å². The first kappa shape index (κ1) is 25.2. The van der Waals surface area contributed by atoms with Crippen molar-refractivity contribution in [2.45, 2.75) is 46.2 Å². The number of hydrogen-bond donors (Lipinski definition) is 0. The Balaban J connectivity index is 1.32. The van der Waals surface area contributed by atoms with Crippen LogP contribution in [0.25, 0.3) is 0 Å². The Morgan fingerprint density at radius 2 is 1.97 bits per heavy atom. The van der Waals surface area contributed by atoms with Crippen LogP contribution >= 0.6 is 11.3 Å². The molecule has 2 atom stereocenters. The van der Waals surface area contributed by atoms with Crippen LogP contribution in [0.2, 0.25) is 0 Å². The molecule has 2 aliphatic rings.